The number of nitrogens with zero attached hydrogens (tertiary/aromatic N) is 1. The van der Waals surface area contributed by atoms with Crippen LogP contribution in [0.4, 0.5) is 0 Å². The standard InChI is InChI=1S/C24H45NO3Si2/c1-13-17-21(28-30(11,12)24(6,7)8)22(26-19-16-15-18-25)20(14-2)27-29(9,10)23(3,4)5/h1,14,20-22H,2,15-17,19H2,3-12H3/t20-,21-,22-/m1/s1. The molecule has 172 valence electrons. The molecule has 0 unspecified atom stereocenters. The third-order valence-electron chi connectivity index (χ3n) is 6.47. The molecule has 0 aliphatic heterocycles. The van der Waals surface area contributed by atoms with Crippen LogP contribution in [-0.2, 0) is 13.6 Å². The number of unbranched alkanes of at least 4 members (excludes halogenated alkanes) is 1. The highest BCUT2D eigenvalue weighted by molar-refractivity contribution is 6.74. The first-order valence-electron chi connectivity index (χ1n) is 10.9. The van der Waals surface area contributed by atoms with Gasteiger partial charge in [0.05, 0.1) is 18.3 Å². The summed E-state index contributed by atoms with van der Waals surface area (Å²) in [4.78, 5) is 0. The topological polar surface area (TPSA) is 51.5 Å². The molecule has 0 aromatic carbocycles. The summed E-state index contributed by atoms with van der Waals surface area (Å²) < 4.78 is 19.7. The molecule has 0 saturated heterocycles. The first-order valence-corrected chi connectivity index (χ1v) is 16.8. The van der Waals surface area contributed by atoms with Crippen LogP contribution in [0.2, 0.25) is 36.3 Å². The molecule has 0 saturated carbocycles. The van der Waals surface area contributed by atoms with E-state index in [1.54, 1.807) is 0 Å². The molecule has 0 heterocycles. The van der Waals surface area contributed by atoms with Crippen LogP contribution in [-0.4, -0.2) is 41.6 Å². The lowest BCUT2D eigenvalue weighted by Crippen LogP contribution is -2.53. The maximum atomic E-state index is 8.88. The fourth-order valence-electron chi connectivity index (χ4n) is 2.45. The van der Waals surface area contributed by atoms with Crippen LogP contribution in [0.15, 0.2) is 12.7 Å². The number of ether oxygens (including phenoxy) is 1. The van der Waals surface area contributed by atoms with E-state index >= 15 is 0 Å². The van der Waals surface area contributed by atoms with Crippen LogP contribution in [0.25, 0.3) is 0 Å². The highest BCUT2D eigenvalue weighted by Crippen LogP contribution is 2.40. The van der Waals surface area contributed by atoms with Gasteiger partial charge >= 0.3 is 0 Å². The van der Waals surface area contributed by atoms with Crippen molar-refractivity contribution < 1.29 is 13.6 Å². The third-order valence-corrected chi connectivity index (χ3v) is 15.5. The third kappa shape index (κ3) is 8.69. The second kappa shape index (κ2) is 11.6. The molecule has 4 nitrogen and oxygen atoms in total. The molecule has 0 bridgehead atoms. The minimum absolute atomic E-state index is 0.0508. The molecule has 0 aromatic heterocycles. The maximum absolute atomic E-state index is 8.88. The lowest BCUT2D eigenvalue weighted by Gasteiger charge is -2.44. The summed E-state index contributed by atoms with van der Waals surface area (Å²) in [5.74, 6) is 2.78. The zero-order chi connectivity index (χ0) is 23.8. The van der Waals surface area contributed by atoms with Crippen molar-refractivity contribution in [2.75, 3.05) is 6.61 Å². The Morgan fingerprint density at radius 1 is 1.00 bits per heavy atom. The molecule has 0 fully saturated rings. The molecule has 0 N–H and O–H groups in total. The fraction of sp³-hybridized carbons (Fsp3) is 0.792. The van der Waals surface area contributed by atoms with E-state index in [4.69, 9.17) is 25.3 Å². The summed E-state index contributed by atoms with van der Waals surface area (Å²) in [6.45, 7) is 26.7. The number of terminal acetylenes is 1. The number of nitriles is 1. The normalized spacial score (nSPS) is 16.3. The summed E-state index contributed by atoms with van der Waals surface area (Å²) in [5.41, 5.74) is 0. The number of rotatable bonds is 12. The zero-order valence-corrected chi connectivity index (χ0v) is 23.1. The predicted molar refractivity (Wildman–Crippen MR) is 132 cm³/mol. The Bertz CT molecular complexity index is 618. The molecule has 0 aliphatic rings. The van der Waals surface area contributed by atoms with Gasteiger partial charge in [0.25, 0.3) is 0 Å². The Kier molecular flexibility index (Phi) is 11.3. The van der Waals surface area contributed by atoms with Crippen molar-refractivity contribution in [1.82, 2.24) is 0 Å². The van der Waals surface area contributed by atoms with Crippen molar-refractivity contribution in [3.8, 4) is 18.4 Å². The fourth-order valence-corrected chi connectivity index (χ4v) is 5.04. The van der Waals surface area contributed by atoms with Crippen molar-refractivity contribution in [3.63, 3.8) is 0 Å². The summed E-state index contributed by atoms with van der Waals surface area (Å²) in [6, 6.07) is 2.17. The molecule has 0 rings (SSSR count). The Morgan fingerprint density at radius 3 is 1.90 bits per heavy atom. The van der Waals surface area contributed by atoms with Crippen molar-refractivity contribution >= 4 is 16.6 Å². The van der Waals surface area contributed by atoms with Crippen LogP contribution in [0.1, 0.15) is 60.8 Å². The first kappa shape index (κ1) is 29.1. The van der Waals surface area contributed by atoms with Crippen molar-refractivity contribution in [2.24, 2.45) is 0 Å². The number of hydrogen-bond acceptors (Lipinski definition) is 4. The van der Waals surface area contributed by atoms with E-state index in [9.17, 15) is 0 Å². The number of hydrogen-bond donors (Lipinski definition) is 0. The largest absolute Gasteiger partial charge is 0.410 e. The van der Waals surface area contributed by atoms with E-state index in [2.05, 4.69) is 86.3 Å². The average molecular weight is 452 g/mol. The molecule has 0 amide bonds. The van der Waals surface area contributed by atoms with Crippen molar-refractivity contribution in [1.29, 1.82) is 5.26 Å². The van der Waals surface area contributed by atoms with Gasteiger partial charge in [-0.2, -0.15) is 5.26 Å². The van der Waals surface area contributed by atoms with Gasteiger partial charge in [-0.1, -0.05) is 47.6 Å². The van der Waals surface area contributed by atoms with E-state index in [-0.39, 0.29) is 28.4 Å². The molecule has 0 aliphatic carbocycles. The van der Waals surface area contributed by atoms with Crippen LogP contribution in [0.3, 0.4) is 0 Å². The smallest absolute Gasteiger partial charge is 0.193 e. The Labute approximate surface area is 188 Å². The molecule has 0 spiro atoms. The minimum atomic E-state index is -2.08. The molecule has 30 heavy (non-hydrogen) atoms. The highest BCUT2D eigenvalue weighted by atomic mass is 28.4. The summed E-state index contributed by atoms with van der Waals surface area (Å²) in [6.07, 6.45) is 8.16. The lowest BCUT2D eigenvalue weighted by atomic mass is 10.1. The van der Waals surface area contributed by atoms with Crippen LogP contribution < -0.4 is 0 Å². The Hall–Kier alpha value is -0.896. The van der Waals surface area contributed by atoms with Gasteiger partial charge in [-0.15, -0.1) is 18.9 Å². The van der Waals surface area contributed by atoms with E-state index in [0.29, 0.717) is 25.9 Å². The van der Waals surface area contributed by atoms with Gasteiger partial charge in [0.2, 0.25) is 0 Å². The van der Waals surface area contributed by atoms with Crippen molar-refractivity contribution in [2.45, 2.75) is 115 Å². The lowest BCUT2D eigenvalue weighted by molar-refractivity contribution is -0.0751. The summed E-state index contributed by atoms with van der Waals surface area (Å²) >= 11 is 0. The molecular weight excluding hydrogens is 406 g/mol. The van der Waals surface area contributed by atoms with Crippen LogP contribution in [0.5, 0.6) is 0 Å². The van der Waals surface area contributed by atoms with E-state index in [1.165, 1.54) is 0 Å². The average Bonchev–Trinajstić information content (AvgIpc) is 2.57. The van der Waals surface area contributed by atoms with Crippen LogP contribution >= 0.6 is 0 Å². The van der Waals surface area contributed by atoms with E-state index < -0.39 is 16.6 Å². The second-order valence-corrected chi connectivity index (χ2v) is 20.5. The van der Waals surface area contributed by atoms with Gasteiger partial charge in [0, 0.05) is 19.4 Å². The van der Waals surface area contributed by atoms with Gasteiger partial charge in [-0.05, 0) is 42.7 Å². The SMILES string of the molecule is C#CC[C@@H](O[Si](C)(C)C(C)(C)C)[C@H](OCCCC#N)[C@@H](C=C)O[Si](C)(C)C(C)(C)C. The summed E-state index contributed by atoms with van der Waals surface area (Å²) in [7, 11) is -4.15. The van der Waals surface area contributed by atoms with E-state index in [0.717, 1.165) is 0 Å². The van der Waals surface area contributed by atoms with Gasteiger partial charge in [-0.25, -0.2) is 0 Å². The molecule has 0 aromatic rings. The Morgan fingerprint density at radius 2 is 1.50 bits per heavy atom. The van der Waals surface area contributed by atoms with Crippen LogP contribution in [0, 0.1) is 23.7 Å². The zero-order valence-electron chi connectivity index (χ0n) is 21.1. The summed E-state index contributed by atoms with van der Waals surface area (Å²) in [5, 5.41) is 8.99. The van der Waals surface area contributed by atoms with Gasteiger partial charge in [-0.3, -0.25) is 0 Å². The molecule has 6 heteroatoms. The van der Waals surface area contributed by atoms with Crippen molar-refractivity contribution in [3.05, 3.63) is 12.7 Å². The van der Waals surface area contributed by atoms with Gasteiger partial charge < -0.3 is 13.6 Å². The molecule has 0 radical (unpaired) electrons. The molecule has 3 atom stereocenters. The first-order chi connectivity index (χ1) is 13.5. The van der Waals surface area contributed by atoms with Gasteiger partial charge in [0.1, 0.15) is 6.10 Å². The highest BCUT2D eigenvalue weighted by Gasteiger charge is 2.45. The molecular formula is C24H45NO3Si2. The monoisotopic (exact) mass is 451 g/mol. The second-order valence-electron chi connectivity index (χ2n) is 11.0. The van der Waals surface area contributed by atoms with E-state index in [1.807, 2.05) is 6.08 Å². The minimum Gasteiger partial charge on any atom is -0.410 e. The Balaban J connectivity index is 5.95. The predicted octanol–water partition coefficient (Wildman–Crippen LogP) is 6.67. The van der Waals surface area contributed by atoms with Gasteiger partial charge in [0.15, 0.2) is 16.6 Å². The quantitative estimate of drug-likeness (QED) is 0.144. The maximum Gasteiger partial charge on any atom is 0.193 e.